The van der Waals surface area contributed by atoms with Gasteiger partial charge in [-0.3, -0.25) is 0 Å². The number of thioether (sulfide) groups is 1. The van der Waals surface area contributed by atoms with Crippen LogP contribution in [0.2, 0.25) is 0 Å². The smallest absolute Gasteiger partial charge is 0.276 e. The van der Waals surface area contributed by atoms with Gasteiger partial charge in [-0.15, -0.1) is 10.2 Å². The van der Waals surface area contributed by atoms with E-state index in [2.05, 4.69) is 31.0 Å². The summed E-state index contributed by atoms with van der Waals surface area (Å²) in [6.45, 7) is 6.53. The van der Waals surface area contributed by atoms with E-state index in [1.807, 2.05) is 0 Å². The van der Waals surface area contributed by atoms with E-state index in [4.69, 9.17) is 4.42 Å². The maximum atomic E-state index is 11.4. The Hall–Kier alpha value is -0.560. The molecule has 114 valence electrons. The molecule has 0 unspecified atom stereocenters. The van der Waals surface area contributed by atoms with E-state index in [-0.39, 0.29) is 11.7 Å². The molecular formula is C13H22N2O3S2. The van der Waals surface area contributed by atoms with Gasteiger partial charge < -0.3 is 4.42 Å². The quantitative estimate of drug-likeness (QED) is 0.751. The molecule has 1 aromatic rings. The molecular weight excluding hydrogens is 296 g/mol. The molecule has 2 rings (SSSR count). The van der Waals surface area contributed by atoms with Crippen molar-refractivity contribution in [2.24, 2.45) is 11.8 Å². The fourth-order valence-corrected chi connectivity index (χ4v) is 5.09. The lowest BCUT2D eigenvalue weighted by molar-refractivity contribution is 0.387. The van der Waals surface area contributed by atoms with Gasteiger partial charge >= 0.3 is 0 Å². The van der Waals surface area contributed by atoms with Crippen LogP contribution >= 0.6 is 11.8 Å². The monoisotopic (exact) mass is 318 g/mol. The predicted molar refractivity (Wildman–Crippen MR) is 79.5 cm³/mol. The van der Waals surface area contributed by atoms with Gasteiger partial charge in [0.15, 0.2) is 9.84 Å². The summed E-state index contributed by atoms with van der Waals surface area (Å²) in [7, 11) is -2.84. The Morgan fingerprint density at radius 2 is 2.15 bits per heavy atom. The third-order valence-corrected chi connectivity index (χ3v) is 7.01. The number of rotatable bonds is 6. The molecule has 1 fully saturated rings. The second-order valence-electron chi connectivity index (χ2n) is 5.64. The van der Waals surface area contributed by atoms with Gasteiger partial charge in [-0.2, -0.15) is 0 Å². The van der Waals surface area contributed by atoms with Crippen molar-refractivity contribution in [1.82, 2.24) is 10.2 Å². The van der Waals surface area contributed by atoms with Gasteiger partial charge in [-0.25, -0.2) is 8.42 Å². The van der Waals surface area contributed by atoms with Crippen LogP contribution in [0.4, 0.5) is 0 Å². The van der Waals surface area contributed by atoms with E-state index >= 15 is 0 Å². The van der Waals surface area contributed by atoms with Crippen LogP contribution in [0.25, 0.3) is 0 Å². The highest BCUT2D eigenvalue weighted by Crippen LogP contribution is 2.29. The van der Waals surface area contributed by atoms with Crippen LogP contribution in [0.1, 0.15) is 39.5 Å². The normalized spacial score (nSPS) is 24.6. The molecule has 0 spiro atoms. The zero-order valence-electron chi connectivity index (χ0n) is 12.2. The topological polar surface area (TPSA) is 73.1 Å². The number of hydrogen-bond acceptors (Lipinski definition) is 6. The summed E-state index contributed by atoms with van der Waals surface area (Å²) in [6, 6.07) is 0. The molecule has 0 amide bonds. The molecule has 1 aromatic heterocycles. The van der Waals surface area contributed by atoms with Crippen LogP contribution in [-0.2, 0) is 16.3 Å². The van der Waals surface area contributed by atoms with Crippen LogP contribution in [0.15, 0.2) is 9.64 Å². The Labute approximate surface area is 124 Å². The molecule has 1 aliphatic rings. The summed E-state index contributed by atoms with van der Waals surface area (Å²) < 4.78 is 28.5. The summed E-state index contributed by atoms with van der Waals surface area (Å²) >= 11 is 1.60. The van der Waals surface area contributed by atoms with Gasteiger partial charge in [0.25, 0.3) is 5.22 Å². The van der Waals surface area contributed by atoms with E-state index < -0.39 is 9.84 Å². The summed E-state index contributed by atoms with van der Waals surface area (Å²) in [5, 5.41) is 9.10. The van der Waals surface area contributed by atoms with Crippen molar-refractivity contribution in [2.75, 3.05) is 11.5 Å². The highest BCUT2D eigenvalue weighted by Gasteiger charge is 2.29. The first-order chi connectivity index (χ1) is 9.39. The average molecular weight is 318 g/mol. The van der Waals surface area contributed by atoms with E-state index in [1.54, 1.807) is 11.8 Å². The third kappa shape index (κ3) is 4.22. The van der Waals surface area contributed by atoms with Gasteiger partial charge in [-0.1, -0.05) is 39.0 Å². The fourth-order valence-electron chi connectivity index (χ4n) is 2.26. The summed E-state index contributed by atoms with van der Waals surface area (Å²) in [5.74, 6) is 1.83. The molecule has 0 radical (unpaired) electrons. The van der Waals surface area contributed by atoms with Crippen LogP contribution in [0, 0.1) is 11.8 Å². The maximum absolute atomic E-state index is 11.4. The molecule has 20 heavy (non-hydrogen) atoms. The molecule has 0 saturated carbocycles. The number of nitrogens with zero attached hydrogens (tertiary/aromatic N) is 2. The molecule has 0 bridgehead atoms. The van der Waals surface area contributed by atoms with Gasteiger partial charge in [0.1, 0.15) is 0 Å². The van der Waals surface area contributed by atoms with Gasteiger partial charge in [0.2, 0.25) is 5.89 Å². The highest BCUT2D eigenvalue weighted by atomic mass is 32.2. The number of aromatic nitrogens is 2. The van der Waals surface area contributed by atoms with Crippen LogP contribution in [0.3, 0.4) is 0 Å². The Balaban J connectivity index is 1.89. The summed E-state index contributed by atoms with van der Waals surface area (Å²) in [5.41, 5.74) is 0. The number of sulfone groups is 1. The second kappa shape index (κ2) is 6.47. The predicted octanol–water partition coefficient (Wildman–Crippen LogP) is 2.57. The van der Waals surface area contributed by atoms with Crippen molar-refractivity contribution in [1.29, 1.82) is 0 Å². The molecule has 0 aliphatic carbocycles. The summed E-state index contributed by atoms with van der Waals surface area (Å²) in [4.78, 5) is 0. The SMILES string of the molecule is CC[C@H](C)[C@@H](C)Sc1nnc(C[C@H]2CCS(=O)(=O)C2)o1. The third-order valence-electron chi connectivity index (χ3n) is 3.97. The van der Waals surface area contributed by atoms with Crippen LogP contribution in [-0.4, -0.2) is 35.4 Å². The van der Waals surface area contributed by atoms with Crippen molar-refractivity contribution in [3.63, 3.8) is 0 Å². The van der Waals surface area contributed by atoms with Gasteiger partial charge in [-0.05, 0) is 18.3 Å². The Morgan fingerprint density at radius 1 is 1.40 bits per heavy atom. The van der Waals surface area contributed by atoms with Crippen molar-refractivity contribution < 1.29 is 12.8 Å². The van der Waals surface area contributed by atoms with E-state index in [1.165, 1.54) is 0 Å². The minimum Gasteiger partial charge on any atom is -0.416 e. The minimum atomic E-state index is -2.84. The van der Waals surface area contributed by atoms with Crippen LogP contribution < -0.4 is 0 Å². The average Bonchev–Trinajstić information content (AvgIpc) is 2.95. The van der Waals surface area contributed by atoms with E-state index in [0.717, 1.165) is 6.42 Å². The van der Waals surface area contributed by atoms with Crippen LogP contribution in [0.5, 0.6) is 0 Å². The lowest BCUT2D eigenvalue weighted by atomic mass is 10.1. The lowest BCUT2D eigenvalue weighted by Gasteiger charge is -2.14. The fraction of sp³-hybridized carbons (Fsp3) is 0.846. The highest BCUT2D eigenvalue weighted by molar-refractivity contribution is 7.99. The van der Waals surface area contributed by atoms with Crippen molar-refractivity contribution >= 4 is 21.6 Å². The Morgan fingerprint density at radius 3 is 2.75 bits per heavy atom. The second-order valence-corrected chi connectivity index (χ2v) is 9.20. The minimum absolute atomic E-state index is 0.130. The molecule has 5 nitrogen and oxygen atoms in total. The van der Waals surface area contributed by atoms with Gasteiger partial charge in [0.05, 0.1) is 11.5 Å². The number of hydrogen-bond donors (Lipinski definition) is 0. The van der Waals surface area contributed by atoms with Gasteiger partial charge in [0, 0.05) is 11.7 Å². The van der Waals surface area contributed by atoms with E-state index in [9.17, 15) is 8.42 Å². The largest absolute Gasteiger partial charge is 0.416 e. The first-order valence-electron chi connectivity index (χ1n) is 7.09. The standard InChI is InChI=1S/C13H22N2O3S2/c1-4-9(2)10(3)19-13-15-14-12(18-13)7-11-5-6-20(16,17)8-11/h9-11H,4-8H2,1-3H3/t9-,10+,11+/m0/s1. The molecule has 1 aliphatic heterocycles. The molecule has 2 heterocycles. The van der Waals surface area contributed by atoms with Crippen molar-refractivity contribution in [2.45, 2.75) is 50.5 Å². The zero-order valence-corrected chi connectivity index (χ0v) is 13.8. The molecule has 1 saturated heterocycles. The molecule has 0 N–H and O–H groups in total. The first-order valence-corrected chi connectivity index (χ1v) is 9.79. The molecule has 7 heteroatoms. The maximum Gasteiger partial charge on any atom is 0.276 e. The molecule has 0 aromatic carbocycles. The first kappa shape index (κ1) is 15.8. The Bertz CT molecular complexity index is 542. The van der Waals surface area contributed by atoms with E-state index in [0.29, 0.717) is 40.9 Å². The van der Waals surface area contributed by atoms with Crippen molar-refractivity contribution in [3.05, 3.63) is 5.89 Å². The van der Waals surface area contributed by atoms with Crippen molar-refractivity contribution in [3.8, 4) is 0 Å². The Kier molecular flexibility index (Phi) is 5.12. The molecule has 3 atom stereocenters. The zero-order chi connectivity index (χ0) is 14.8. The lowest BCUT2D eigenvalue weighted by Crippen LogP contribution is -2.08. The summed E-state index contributed by atoms with van der Waals surface area (Å²) in [6.07, 6.45) is 2.40.